The van der Waals surface area contributed by atoms with Gasteiger partial charge in [-0.2, -0.15) is 0 Å². The maximum absolute atomic E-state index is 14.0. The van der Waals surface area contributed by atoms with Gasteiger partial charge in [0.2, 0.25) is 0 Å². The Kier molecular flexibility index (Phi) is 6.13. The van der Waals surface area contributed by atoms with Crippen molar-refractivity contribution >= 4 is 11.8 Å². The summed E-state index contributed by atoms with van der Waals surface area (Å²) < 4.78 is 21.3. The third kappa shape index (κ3) is 4.29. The highest BCUT2D eigenvalue weighted by Crippen LogP contribution is 2.39. The first-order chi connectivity index (χ1) is 14.2. The summed E-state index contributed by atoms with van der Waals surface area (Å²) in [5.41, 5.74) is 1.86. The zero-order valence-corrected chi connectivity index (χ0v) is 17.5. The lowest BCUT2D eigenvalue weighted by atomic mass is 9.85. The summed E-state index contributed by atoms with van der Waals surface area (Å²) in [5, 5.41) is 9.89. The normalized spacial score (nSPS) is 19.3. The van der Waals surface area contributed by atoms with Gasteiger partial charge in [0.05, 0.1) is 7.11 Å². The molecular weight excluding hydrogens is 387 g/mol. The molecule has 1 aliphatic carbocycles. The van der Waals surface area contributed by atoms with Crippen molar-refractivity contribution in [3.63, 3.8) is 0 Å². The first-order valence-electron chi connectivity index (χ1n) is 9.98. The first kappa shape index (κ1) is 19.9. The zero-order valence-electron chi connectivity index (χ0n) is 16.7. The third-order valence-electron chi connectivity index (χ3n) is 5.57. The van der Waals surface area contributed by atoms with Gasteiger partial charge >= 0.3 is 0 Å². The van der Waals surface area contributed by atoms with Crippen LogP contribution in [0.1, 0.15) is 44.2 Å². The van der Waals surface area contributed by atoms with Crippen LogP contribution in [0.5, 0.6) is 5.75 Å². The number of halogens is 1. The van der Waals surface area contributed by atoms with Gasteiger partial charge in [0.15, 0.2) is 22.5 Å². The van der Waals surface area contributed by atoms with Crippen molar-refractivity contribution in [1.29, 1.82) is 0 Å². The second kappa shape index (κ2) is 8.95. The van der Waals surface area contributed by atoms with Crippen molar-refractivity contribution < 1.29 is 9.13 Å². The van der Waals surface area contributed by atoms with Gasteiger partial charge in [-0.25, -0.2) is 4.39 Å². The summed E-state index contributed by atoms with van der Waals surface area (Å²) >= 11 is 1.59. The van der Waals surface area contributed by atoms with E-state index in [0.717, 1.165) is 28.5 Å². The molecule has 2 aromatic heterocycles. The van der Waals surface area contributed by atoms with Gasteiger partial charge in [0.1, 0.15) is 0 Å². The van der Waals surface area contributed by atoms with Crippen molar-refractivity contribution in [2.45, 2.75) is 49.6 Å². The number of benzene rings is 1. The van der Waals surface area contributed by atoms with E-state index < -0.39 is 0 Å². The van der Waals surface area contributed by atoms with Crippen LogP contribution in [0.4, 0.5) is 4.39 Å². The van der Waals surface area contributed by atoms with Crippen LogP contribution >= 0.6 is 11.8 Å². The zero-order chi connectivity index (χ0) is 20.2. The van der Waals surface area contributed by atoms with E-state index in [4.69, 9.17) is 4.74 Å². The van der Waals surface area contributed by atoms with Gasteiger partial charge in [-0.1, -0.05) is 37.6 Å². The molecule has 1 aromatic carbocycles. The SMILES string of the molecule is COc1ccc(CSc2nnc(-c3cccnc3)n2[C@H]2CCCC[C@H]2C)cc1F. The van der Waals surface area contributed by atoms with E-state index in [1.54, 1.807) is 24.0 Å². The average Bonchev–Trinajstić information content (AvgIpc) is 3.17. The standard InChI is InChI=1S/C22H25FN4OS/c1-15-6-3-4-8-19(15)27-21(17-7-5-11-24-13-17)25-26-22(27)29-14-16-9-10-20(28-2)18(23)12-16/h5,7,9-13,15,19H,3-4,6,8,14H2,1-2H3/t15-,19+/m1/s1. The minimum Gasteiger partial charge on any atom is -0.494 e. The number of aromatic nitrogens is 4. The van der Waals surface area contributed by atoms with Gasteiger partial charge in [0, 0.05) is 29.8 Å². The summed E-state index contributed by atoms with van der Waals surface area (Å²) in [5.74, 6) is 1.96. The molecule has 152 valence electrons. The quantitative estimate of drug-likeness (QED) is 0.498. The lowest BCUT2D eigenvalue weighted by Gasteiger charge is -2.31. The fourth-order valence-corrected chi connectivity index (χ4v) is 4.93. The molecule has 0 unspecified atom stereocenters. The highest BCUT2D eigenvalue weighted by molar-refractivity contribution is 7.98. The third-order valence-corrected chi connectivity index (χ3v) is 6.58. The van der Waals surface area contributed by atoms with Crippen LogP contribution in [0.25, 0.3) is 11.4 Å². The molecule has 2 atom stereocenters. The number of pyridine rings is 1. The molecule has 3 aromatic rings. The van der Waals surface area contributed by atoms with Crippen LogP contribution in [0.15, 0.2) is 47.9 Å². The monoisotopic (exact) mass is 412 g/mol. The highest BCUT2D eigenvalue weighted by atomic mass is 32.2. The Bertz CT molecular complexity index is 963. The number of hydrogen-bond acceptors (Lipinski definition) is 5. The molecule has 0 radical (unpaired) electrons. The largest absolute Gasteiger partial charge is 0.494 e. The molecule has 1 aliphatic rings. The van der Waals surface area contributed by atoms with Crippen LogP contribution in [-0.4, -0.2) is 26.9 Å². The molecular formula is C22H25FN4OS. The van der Waals surface area contributed by atoms with E-state index in [2.05, 4.69) is 26.7 Å². The molecule has 0 spiro atoms. The molecule has 4 rings (SSSR count). The predicted molar refractivity (Wildman–Crippen MR) is 112 cm³/mol. The fraction of sp³-hybridized carbons (Fsp3) is 0.409. The second-order valence-corrected chi connectivity index (χ2v) is 8.45. The van der Waals surface area contributed by atoms with E-state index in [1.807, 2.05) is 24.4 Å². The van der Waals surface area contributed by atoms with E-state index in [9.17, 15) is 4.39 Å². The Morgan fingerprint density at radius 1 is 1.21 bits per heavy atom. The van der Waals surface area contributed by atoms with E-state index in [0.29, 0.717) is 17.7 Å². The van der Waals surface area contributed by atoms with E-state index in [-0.39, 0.29) is 11.6 Å². The van der Waals surface area contributed by atoms with Crippen molar-refractivity contribution in [1.82, 2.24) is 19.7 Å². The van der Waals surface area contributed by atoms with Gasteiger partial charge in [-0.05, 0) is 48.6 Å². The molecule has 0 bridgehead atoms. The molecule has 2 heterocycles. The van der Waals surface area contributed by atoms with Crippen LogP contribution < -0.4 is 4.74 Å². The van der Waals surface area contributed by atoms with Gasteiger partial charge in [0.25, 0.3) is 0 Å². The van der Waals surface area contributed by atoms with Crippen LogP contribution in [0.3, 0.4) is 0 Å². The molecule has 1 fully saturated rings. The molecule has 5 nitrogen and oxygen atoms in total. The summed E-state index contributed by atoms with van der Waals surface area (Å²) in [4.78, 5) is 4.25. The number of methoxy groups -OCH3 is 1. The Morgan fingerprint density at radius 2 is 2.07 bits per heavy atom. The van der Waals surface area contributed by atoms with E-state index >= 15 is 0 Å². The number of thioether (sulfide) groups is 1. The Morgan fingerprint density at radius 3 is 2.79 bits per heavy atom. The maximum atomic E-state index is 14.0. The molecule has 7 heteroatoms. The number of nitrogens with zero attached hydrogens (tertiary/aromatic N) is 4. The molecule has 0 saturated heterocycles. The van der Waals surface area contributed by atoms with Crippen LogP contribution in [-0.2, 0) is 5.75 Å². The molecule has 1 saturated carbocycles. The smallest absolute Gasteiger partial charge is 0.192 e. The van der Waals surface area contributed by atoms with Crippen molar-refractivity contribution in [3.8, 4) is 17.1 Å². The van der Waals surface area contributed by atoms with Crippen LogP contribution in [0, 0.1) is 11.7 Å². The predicted octanol–water partition coefficient (Wildman–Crippen LogP) is 5.53. The highest BCUT2D eigenvalue weighted by Gasteiger charge is 2.28. The minimum absolute atomic E-state index is 0.261. The van der Waals surface area contributed by atoms with Crippen LogP contribution in [0.2, 0.25) is 0 Å². The lowest BCUT2D eigenvalue weighted by Crippen LogP contribution is -2.22. The molecule has 29 heavy (non-hydrogen) atoms. The first-order valence-corrected chi connectivity index (χ1v) is 11.0. The summed E-state index contributed by atoms with van der Waals surface area (Å²) in [6, 6.07) is 9.39. The molecule has 0 aliphatic heterocycles. The van der Waals surface area contributed by atoms with E-state index in [1.165, 1.54) is 32.4 Å². The maximum Gasteiger partial charge on any atom is 0.192 e. The average molecular weight is 413 g/mol. The lowest BCUT2D eigenvalue weighted by molar-refractivity contribution is 0.247. The molecule has 0 N–H and O–H groups in total. The van der Waals surface area contributed by atoms with Crippen molar-refractivity contribution in [2.24, 2.45) is 5.92 Å². The Balaban J connectivity index is 1.64. The number of hydrogen-bond donors (Lipinski definition) is 0. The van der Waals surface area contributed by atoms with Gasteiger partial charge in [-0.3, -0.25) is 9.55 Å². The van der Waals surface area contributed by atoms with Gasteiger partial charge < -0.3 is 4.74 Å². The van der Waals surface area contributed by atoms with Crippen molar-refractivity contribution in [2.75, 3.05) is 7.11 Å². The minimum atomic E-state index is -0.344. The summed E-state index contributed by atoms with van der Waals surface area (Å²) in [6.07, 6.45) is 8.42. The second-order valence-electron chi connectivity index (χ2n) is 7.50. The fourth-order valence-electron chi connectivity index (χ4n) is 3.99. The number of rotatable bonds is 6. The summed E-state index contributed by atoms with van der Waals surface area (Å²) in [6.45, 7) is 2.31. The van der Waals surface area contributed by atoms with Crippen molar-refractivity contribution in [3.05, 3.63) is 54.1 Å². The molecule has 0 amide bonds. The number of ether oxygens (including phenoxy) is 1. The Labute approximate surface area is 174 Å². The summed E-state index contributed by atoms with van der Waals surface area (Å²) in [7, 11) is 1.47. The topological polar surface area (TPSA) is 52.8 Å². The van der Waals surface area contributed by atoms with Gasteiger partial charge in [-0.15, -0.1) is 10.2 Å². The Hall–Kier alpha value is -2.41.